The maximum atomic E-state index is 13.3. The number of hydrogen-bond acceptors (Lipinski definition) is 6. The number of fused-ring (bicyclic) bond motifs is 1. The second kappa shape index (κ2) is 11.7. The van der Waals surface area contributed by atoms with E-state index in [4.69, 9.17) is 9.47 Å². The molecule has 2 rings (SSSR count). The van der Waals surface area contributed by atoms with Crippen molar-refractivity contribution in [2.75, 3.05) is 52.0 Å². The van der Waals surface area contributed by atoms with Crippen LogP contribution >= 0.6 is 0 Å². The lowest BCUT2D eigenvalue weighted by atomic mass is 10.0. The van der Waals surface area contributed by atoms with Crippen LogP contribution in [0.15, 0.2) is 18.2 Å². The number of hydrogen-bond donors (Lipinski definition) is 2. The molecule has 2 N–H and O–H groups in total. The first-order chi connectivity index (χ1) is 15.5. The Bertz CT molecular complexity index is 939. The van der Waals surface area contributed by atoms with Gasteiger partial charge in [-0.05, 0) is 37.5 Å². The van der Waals surface area contributed by atoms with Gasteiger partial charge >= 0.3 is 6.03 Å². The van der Waals surface area contributed by atoms with Crippen LogP contribution in [-0.4, -0.2) is 88.4 Å². The predicted molar refractivity (Wildman–Crippen MR) is 127 cm³/mol. The minimum atomic E-state index is -3.50. The van der Waals surface area contributed by atoms with Crippen molar-refractivity contribution in [3.05, 3.63) is 23.8 Å². The quantitative estimate of drug-likeness (QED) is 0.660. The topological polar surface area (TPSA) is 117 Å². The Hall–Kier alpha value is -2.37. The van der Waals surface area contributed by atoms with Crippen molar-refractivity contribution < 1.29 is 27.5 Å². The molecule has 186 valence electrons. The van der Waals surface area contributed by atoms with E-state index in [1.165, 1.54) is 15.5 Å². The molecule has 3 atom stereocenters. The van der Waals surface area contributed by atoms with Gasteiger partial charge in [-0.3, -0.25) is 4.79 Å². The highest BCUT2D eigenvalue weighted by Crippen LogP contribution is 2.26. The summed E-state index contributed by atoms with van der Waals surface area (Å²) in [5.41, 5.74) is 0.717. The highest BCUT2D eigenvalue weighted by molar-refractivity contribution is 7.88. The standard InChI is InChI=1S/C22H36N4O6S/c1-7-10-23-22(28)24-17-8-9-19-18(11-17)21(27)25(4)13-20(31-5)15(2)12-26(33(6,29)30)16(3)14-32-19/h8-9,11,15-16,20H,7,10,12-14H2,1-6H3,(H2,23,24,28)/t15-,16+,20+/m1/s1. The van der Waals surface area contributed by atoms with Crippen molar-refractivity contribution in [2.24, 2.45) is 5.92 Å². The van der Waals surface area contributed by atoms with Crippen molar-refractivity contribution in [1.82, 2.24) is 14.5 Å². The third-order valence-corrected chi connectivity index (χ3v) is 6.97. The lowest BCUT2D eigenvalue weighted by molar-refractivity contribution is 0.0213. The number of urea groups is 1. The Balaban J connectivity index is 2.43. The third-order valence-electron chi connectivity index (χ3n) is 5.61. The normalized spacial score (nSPS) is 23.0. The fourth-order valence-corrected chi connectivity index (χ4v) is 4.92. The molecular weight excluding hydrogens is 448 g/mol. The smallest absolute Gasteiger partial charge is 0.319 e. The molecule has 33 heavy (non-hydrogen) atoms. The molecule has 0 aliphatic carbocycles. The van der Waals surface area contributed by atoms with Crippen LogP contribution in [0.1, 0.15) is 37.6 Å². The Morgan fingerprint density at radius 2 is 1.97 bits per heavy atom. The summed E-state index contributed by atoms with van der Waals surface area (Å²) in [6.45, 7) is 6.72. The highest BCUT2D eigenvalue weighted by Gasteiger charge is 2.32. The monoisotopic (exact) mass is 484 g/mol. The lowest BCUT2D eigenvalue weighted by Gasteiger charge is -2.34. The number of nitrogens with one attached hydrogen (secondary N) is 2. The molecule has 1 heterocycles. The summed E-state index contributed by atoms with van der Waals surface area (Å²) < 4.78 is 37.8. The second-order valence-corrected chi connectivity index (χ2v) is 10.5. The van der Waals surface area contributed by atoms with Gasteiger partial charge in [0.2, 0.25) is 10.0 Å². The first-order valence-electron chi connectivity index (χ1n) is 11.0. The number of benzene rings is 1. The van der Waals surface area contributed by atoms with Crippen LogP contribution in [0, 0.1) is 5.92 Å². The lowest BCUT2D eigenvalue weighted by Crippen LogP contribution is -2.48. The second-order valence-electron chi connectivity index (χ2n) is 8.52. The molecule has 0 aromatic heterocycles. The first-order valence-corrected chi connectivity index (χ1v) is 12.9. The molecule has 0 fully saturated rings. The Morgan fingerprint density at radius 3 is 2.58 bits per heavy atom. The number of carbonyl (C=O) groups is 2. The predicted octanol–water partition coefficient (Wildman–Crippen LogP) is 1.98. The molecule has 0 bridgehead atoms. The molecule has 1 aliphatic rings. The van der Waals surface area contributed by atoms with Gasteiger partial charge in [-0.1, -0.05) is 13.8 Å². The van der Waals surface area contributed by atoms with Gasteiger partial charge < -0.3 is 25.0 Å². The van der Waals surface area contributed by atoms with Crippen molar-refractivity contribution in [1.29, 1.82) is 0 Å². The average molecular weight is 485 g/mol. The summed E-state index contributed by atoms with van der Waals surface area (Å²) in [7, 11) is -0.292. The summed E-state index contributed by atoms with van der Waals surface area (Å²) in [6.07, 6.45) is 1.60. The summed E-state index contributed by atoms with van der Waals surface area (Å²) in [4.78, 5) is 26.9. The molecular formula is C22H36N4O6S. The number of rotatable bonds is 5. The fourth-order valence-electron chi connectivity index (χ4n) is 3.70. The van der Waals surface area contributed by atoms with E-state index in [1.807, 2.05) is 13.8 Å². The van der Waals surface area contributed by atoms with E-state index >= 15 is 0 Å². The Labute approximate surface area is 196 Å². The van der Waals surface area contributed by atoms with Crippen LogP contribution in [0.5, 0.6) is 5.75 Å². The maximum Gasteiger partial charge on any atom is 0.319 e. The number of sulfonamides is 1. The van der Waals surface area contributed by atoms with Crippen molar-refractivity contribution in [2.45, 2.75) is 39.3 Å². The minimum absolute atomic E-state index is 0.0607. The van der Waals surface area contributed by atoms with E-state index in [0.717, 1.165) is 6.42 Å². The van der Waals surface area contributed by atoms with E-state index in [0.29, 0.717) is 18.0 Å². The van der Waals surface area contributed by atoms with Gasteiger partial charge in [-0.2, -0.15) is 4.31 Å². The third kappa shape index (κ3) is 7.31. The molecule has 1 aliphatic heterocycles. The number of carbonyl (C=O) groups excluding carboxylic acids is 2. The molecule has 11 heteroatoms. The van der Waals surface area contributed by atoms with E-state index < -0.39 is 16.1 Å². The van der Waals surface area contributed by atoms with Gasteiger partial charge in [0.25, 0.3) is 5.91 Å². The molecule has 0 saturated carbocycles. The zero-order chi connectivity index (χ0) is 24.8. The van der Waals surface area contributed by atoms with E-state index in [2.05, 4.69) is 10.6 Å². The fraction of sp³-hybridized carbons (Fsp3) is 0.636. The molecule has 1 aromatic carbocycles. The van der Waals surface area contributed by atoms with Crippen molar-refractivity contribution >= 4 is 27.6 Å². The number of amides is 3. The van der Waals surface area contributed by atoms with E-state index in [1.54, 1.807) is 39.3 Å². The van der Waals surface area contributed by atoms with Crippen LogP contribution in [0.4, 0.5) is 10.5 Å². The van der Waals surface area contributed by atoms with Crippen LogP contribution in [-0.2, 0) is 14.8 Å². The first kappa shape index (κ1) is 26.9. The molecule has 0 spiro atoms. The van der Waals surface area contributed by atoms with E-state index in [-0.39, 0.29) is 49.2 Å². The summed E-state index contributed by atoms with van der Waals surface area (Å²) in [5.74, 6) is -0.143. The summed E-state index contributed by atoms with van der Waals surface area (Å²) >= 11 is 0. The highest BCUT2D eigenvalue weighted by atomic mass is 32.2. The van der Waals surface area contributed by atoms with Crippen molar-refractivity contribution in [3.63, 3.8) is 0 Å². The molecule has 1 aromatic rings. The number of methoxy groups -OCH3 is 1. The van der Waals surface area contributed by atoms with Gasteiger partial charge in [0.15, 0.2) is 0 Å². The van der Waals surface area contributed by atoms with Gasteiger partial charge in [0.05, 0.1) is 24.0 Å². The zero-order valence-electron chi connectivity index (χ0n) is 20.3. The molecule has 0 saturated heterocycles. The minimum Gasteiger partial charge on any atom is -0.491 e. The van der Waals surface area contributed by atoms with E-state index in [9.17, 15) is 18.0 Å². The largest absolute Gasteiger partial charge is 0.491 e. The van der Waals surface area contributed by atoms with Gasteiger partial charge in [-0.25, -0.2) is 13.2 Å². The van der Waals surface area contributed by atoms with Gasteiger partial charge in [0.1, 0.15) is 12.4 Å². The number of nitrogens with zero attached hydrogens (tertiary/aromatic N) is 2. The van der Waals surface area contributed by atoms with Gasteiger partial charge in [0, 0.05) is 39.5 Å². The maximum absolute atomic E-state index is 13.3. The summed E-state index contributed by atoms with van der Waals surface area (Å²) in [5, 5.41) is 5.45. The zero-order valence-corrected chi connectivity index (χ0v) is 21.1. The Kier molecular flexibility index (Phi) is 9.50. The van der Waals surface area contributed by atoms with Crippen LogP contribution in [0.2, 0.25) is 0 Å². The number of likely N-dealkylation sites (N-methyl/N-ethyl adjacent to an activating group) is 1. The SMILES string of the molecule is CCCNC(=O)Nc1ccc2c(c1)C(=O)N(C)C[C@H](OC)[C@H](C)CN(S(C)(=O)=O)[C@@H](C)CO2. The molecule has 3 amide bonds. The van der Waals surface area contributed by atoms with Gasteiger partial charge in [-0.15, -0.1) is 0 Å². The summed E-state index contributed by atoms with van der Waals surface area (Å²) in [6, 6.07) is 3.99. The van der Waals surface area contributed by atoms with Crippen LogP contribution in [0.25, 0.3) is 0 Å². The Morgan fingerprint density at radius 1 is 1.27 bits per heavy atom. The molecule has 0 unspecified atom stereocenters. The molecule has 10 nitrogen and oxygen atoms in total. The van der Waals surface area contributed by atoms with Crippen LogP contribution < -0.4 is 15.4 Å². The molecule has 0 radical (unpaired) electrons. The number of ether oxygens (including phenoxy) is 2. The van der Waals surface area contributed by atoms with Crippen LogP contribution in [0.3, 0.4) is 0 Å². The average Bonchev–Trinajstić information content (AvgIpc) is 2.76. The van der Waals surface area contributed by atoms with Crippen molar-refractivity contribution in [3.8, 4) is 5.75 Å². The number of anilines is 1.